The van der Waals surface area contributed by atoms with Gasteiger partial charge in [0, 0.05) is 49.5 Å². The number of fused-ring (bicyclic) bond motifs is 6. The molecule has 0 spiro atoms. The van der Waals surface area contributed by atoms with Crippen LogP contribution in [0.5, 0.6) is 0 Å². The Morgan fingerprint density at radius 2 is 1.00 bits per heavy atom. The molecule has 0 atom stereocenters. The fourth-order valence-corrected chi connectivity index (χ4v) is 7.85. The maximum Gasteiger partial charge on any atom is 0.196 e. The Hall–Kier alpha value is -7.50. The van der Waals surface area contributed by atoms with E-state index in [0.29, 0.717) is 11.6 Å². The van der Waals surface area contributed by atoms with Crippen LogP contribution in [0.3, 0.4) is 0 Å². The van der Waals surface area contributed by atoms with Gasteiger partial charge in [-0.25, -0.2) is 9.97 Å². The quantitative estimate of drug-likeness (QED) is 0.173. The van der Waals surface area contributed by atoms with Crippen molar-refractivity contribution < 1.29 is 8.83 Å². The van der Waals surface area contributed by atoms with E-state index >= 15 is 0 Å². The number of hydrogen-bond donors (Lipinski definition) is 0. The van der Waals surface area contributed by atoms with E-state index in [-0.39, 0.29) is 0 Å². The van der Waals surface area contributed by atoms with E-state index in [2.05, 4.69) is 126 Å². The highest BCUT2D eigenvalue weighted by Crippen LogP contribution is 2.39. The number of benzene rings is 7. The van der Waals surface area contributed by atoms with Crippen LogP contribution in [-0.2, 0) is 0 Å². The van der Waals surface area contributed by atoms with Crippen LogP contribution in [0.1, 0.15) is 0 Å². The molecular formula is C50H31N3O2. The smallest absolute Gasteiger partial charge is 0.196 e. The molecule has 0 amide bonds. The Bertz CT molecular complexity index is 3130. The summed E-state index contributed by atoms with van der Waals surface area (Å²) < 4.78 is 15.2. The molecule has 0 radical (unpaired) electrons. The third kappa shape index (κ3) is 5.24. The van der Waals surface area contributed by atoms with Gasteiger partial charge in [0.05, 0.1) is 22.4 Å². The van der Waals surface area contributed by atoms with Gasteiger partial charge in [0.1, 0.15) is 16.9 Å². The maximum absolute atomic E-state index is 6.56. The summed E-state index contributed by atoms with van der Waals surface area (Å²) in [6.07, 6.45) is 0. The van der Waals surface area contributed by atoms with Gasteiger partial charge >= 0.3 is 0 Å². The van der Waals surface area contributed by atoms with Crippen LogP contribution >= 0.6 is 0 Å². The van der Waals surface area contributed by atoms with E-state index in [0.717, 1.165) is 89.0 Å². The summed E-state index contributed by atoms with van der Waals surface area (Å²) in [5.41, 5.74) is 12.1. The van der Waals surface area contributed by atoms with Gasteiger partial charge in [-0.05, 0) is 66.2 Å². The van der Waals surface area contributed by atoms with Crippen LogP contribution in [0.15, 0.2) is 197 Å². The van der Waals surface area contributed by atoms with Gasteiger partial charge in [0.25, 0.3) is 0 Å². The third-order valence-corrected chi connectivity index (χ3v) is 10.5. The van der Waals surface area contributed by atoms with Gasteiger partial charge in [0.15, 0.2) is 11.6 Å². The van der Waals surface area contributed by atoms with E-state index < -0.39 is 0 Å². The molecule has 4 heterocycles. The van der Waals surface area contributed by atoms with Gasteiger partial charge in [-0.15, -0.1) is 0 Å². The van der Waals surface area contributed by atoms with E-state index in [1.165, 1.54) is 5.39 Å². The molecule has 5 nitrogen and oxygen atoms in total. The standard InChI is InChI=1S/C50H31N3O2/c1-3-12-33(13-4-1)42-31-43(34-14-5-2-6-15-34)52-50(51-42)48-29-28-46(54-48)35-24-27-45-41(30-35)38-16-7-9-20-44(38)53(45)36-25-22-32(23-26-36)37-18-11-19-40-39-17-8-10-21-47(39)55-49(37)40/h1-31H. The molecule has 0 fully saturated rings. The number of nitrogens with zero attached hydrogens (tertiary/aromatic N) is 3. The fourth-order valence-electron chi connectivity index (χ4n) is 7.85. The third-order valence-electron chi connectivity index (χ3n) is 10.5. The van der Waals surface area contributed by atoms with Gasteiger partial charge in [-0.2, -0.15) is 0 Å². The molecule has 0 N–H and O–H groups in total. The summed E-state index contributed by atoms with van der Waals surface area (Å²) in [5.74, 6) is 1.92. The fraction of sp³-hybridized carbons (Fsp3) is 0. The molecule has 0 aliphatic rings. The number of aromatic nitrogens is 3. The van der Waals surface area contributed by atoms with Crippen molar-refractivity contribution in [2.75, 3.05) is 0 Å². The monoisotopic (exact) mass is 705 g/mol. The maximum atomic E-state index is 6.56. The van der Waals surface area contributed by atoms with Crippen LogP contribution in [0.25, 0.3) is 106 Å². The molecule has 0 aliphatic carbocycles. The first-order valence-electron chi connectivity index (χ1n) is 18.4. The topological polar surface area (TPSA) is 57.0 Å². The van der Waals surface area contributed by atoms with Crippen molar-refractivity contribution in [2.24, 2.45) is 0 Å². The summed E-state index contributed by atoms with van der Waals surface area (Å²) in [5, 5.41) is 4.59. The Morgan fingerprint density at radius 3 is 1.76 bits per heavy atom. The van der Waals surface area contributed by atoms with Crippen molar-refractivity contribution in [1.82, 2.24) is 14.5 Å². The van der Waals surface area contributed by atoms with Crippen molar-refractivity contribution in [1.29, 1.82) is 0 Å². The van der Waals surface area contributed by atoms with E-state index in [4.69, 9.17) is 18.8 Å². The molecule has 11 aromatic rings. The SMILES string of the molecule is c1ccc(-c2cc(-c3ccccc3)nc(-c3ccc(-c4ccc5c(c4)c4ccccc4n5-c4ccc(-c5cccc6c5oc5ccccc56)cc4)o3)n2)cc1. The Balaban J connectivity index is 0.976. The van der Waals surface area contributed by atoms with E-state index in [1.807, 2.05) is 66.7 Å². The molecule has 0 unspecified atom stereocenters. The van der Waals surface area contributed by atoms with Crippen LogP contribution in [0.2, 0.25) is 0 Å². The molecule has 0 bridgehead atoms. The lowest BCUT2D eigenvalue weighted by molar-refractivity contribution is 0.592. The molecule has 258 valence electrons. The highest BCUT2D eigenvalue weighted by Gasteiger charge is 2.18. The van der Waals surface area contributed by atoms with Crippen molar-refractivity contribution >= 4 is 43.7 Å². The van der Waals surface area contributed by atoms with Crippen molar-refractivity contribution in [3.8, 4) is 62.2 Å². The molecule has 0 saturated heterocycles. The lowest BCUT2D eigenvalue weighted by atomic mass is 10.0. The highest BCUT2D eigenvalue weighted by molar-refractivity contribution is 6.11. The highest BCUT2D eigenvalue weighted by atomic mass is 16.3. The summed E-state index contributed by atoms with van der Waals surface area (Å²) in [4.78, 5) is 9.94. The number of furan rings is 2. The first kappa shape index (κ1) is 31.1. The molecule has 7 aromatic carbocycles. The zero-order valence-corrected chi connectivity index (χ0v) is 29.6. The van der Waals surface area contributed by atoms with Crippen LogP contribution < -0.4 is 0 Å². The molecular weight excluding hydrogens is 675 g/mol. The Kier molecular flexibility index (Phi) is 7.10. The number of rotatable bonds is 6. The molecule has 4 aromatic heterocycles. The van der Waals surface area contributed by atoms with Crippen LogP contribution in [0.4, 0.5) is 0 Å². The second-order valence-electron chi connectivity index (χ2n) is 13.8. The minimum absolute atomic E-state index is 0.546. The first-order chi connectivity index (χ1) is 27.2. The van der Waals surface area contributed by atoms with Crippen molar-refractivity contribution in [3.05, 3.63) is 188 Å². The average Bonchev–Trinajstić information content (AvgIpc) is 3.99. The number of para-hydroxylation sites is 3. The Morgan fingerprint density at radius 1 is 0.382 bits per heavy atom. The van der Waals surface area contributed by atoms with E-state index in [1.54, 1.807) is 0 Å². The molecule has 5 heteroatoms. The second-order valence-corrected chi connectivity index (χ2v) is 13.8. The van der Waals surface area contributed by atoms with Gasteiger partial charge in [-0.1, -0.05) is 127 Å². The van der Waals surface area contributed by atoms with Crippen LogP contribution in [-0.4, -0.2) is 14.5 Å². The average molecular weight is 706 g/mol. The molecule has 55 heavy (non-hydrogen) atoms. The minimum atomic E-state index is 0.546. The van der Waals surface area contributed by atoms with Crippen LogP contribution in [0, 0.1) is 0 Å². The number of hydrogen-bond acceptors (Lipinski definition) is 4. The van der Waals surface area contributed by atoms with Gasteiger partial charge < -0.3 is 13.4 Å². The van der Waals surface area contributed by atoms with E-state index in [9.17, 15) is 0 Å². The lowest BCUT2D eigenvalue weighted by Gasteiger charge is -2.10. The zero-order chi connectivity index (χ0) is 36.3. The van der Waals surface area contributed by atoms with Crippen molar-refractivity contribution in [2.45, 2.75) is 0 Å². The predicted molar refractivity (Wildman–Crippen MR) is 223 cm³/mol. The summed E-state index contributed by atoms with van der Waals surface area (Å²) in [6, 6.07) is 64.9. The van der Waals surface area contributed by atoms with Gasteiger partial charge in [0.2, 0.25) is 0 Å². The lowest BCUT2D eigenvalue weighted by Crippen LogP contribution is -1.95. The normalized spacial score (nSPS) is 11.6. The summed E-state index contributed by atoms with van der Waals surface area (Å²) in [7, 11) is 0. The van der Waals surface area contributed by atoms with Gasteiger partial charge in [-0.3, -0.25) is 0 Å². The first-order valence-corrected chi connectivity index (χ1v) is 18.4. The van der Waals surface area contributed by atoms with Crippen molar-refractivity contribution in [3.63, 3.8) is 0 Å². The Labute approximate surface area is 316 Å². The minimum Gasteiger partial charge on any atom is -0.455 e. The summed E-state index contributed by atoms with van der Waals surface area (Å²) in [6.45, 7) is 0. The molecule has 0 saturated carbocycles. The molecule has 0 aliphatic heterocycles. The summed E-state index contributed by atoms with van der Waals surface area (Å²) >= 11 is 0. The largest absolute Gasteiger partial charge is 0.455 e. The zero-order valence-electron chi connectivity index (χ0n) is 29.6. The second kappa shape index (κ2) is 12.6. The molecule has 11 rings (SSSR count). The predicted octanol–water partition coefficient (Wildman–Crippen LogP) is 13.4.